The van der Waals surface area contributed by atoms with E-state index in [1.54, 1.807) is 30.5 Å². The van der Waals surface area contributed by atoms with Gasteiger partial charge in [0.05, 0.1) is 19.7 Å². The van der Waals surface area contributed by atoms with Crippen LogP contribution in [0.4, 0.5) is 4.79 Å². The van der Waals surface area contributed by atoms with E-state index in [9.17, 15) is 9.59 Å². The van der Waals surface area contributed by atoms with Crippen LogP contribution in [0.1, 0.15) is 16.8 Å². The summed E-state index contributed by atoms with van der Waals surface area (Å²) in [5.74, 6) is 0.555. The number of hydrogen-bond acceptors (Lipinski definition) is 7. The van der Waals surface area contributed by atoms with Crippen molar-refractivity contribution in [2.75, 3.05) is 13.7 Å². The van der Waals surface area contributed by atoms with Crippen molar-refractivity contribution in [3.05, 3.63) is 90.5 Å². The lowest BCUT2D eigenvalue weighted by molar-refractivity contribution is -0.123. The summed E-state index contributed by atoms with van der Waals surface area (Å²) in [6.07, 6.45) is 5.60. The molecule has 0 unspecified atom stereocenters. The molecule has 1 heterocycles. The summed E-state index contributed by atoms with van der Waals surface area (Å²) in [4.78, 5) is 32.0. The van der Waals surface area contributed by atoms with Crippen LogP contribution in [0.5, 0.6) is 11.5 Å². The second kappa shape index (κ2) is 13.2. The summed E-state index contributed by atoms with van der Waals surface area (Å²) in [5, 5.41) is 6.58. The fourth-order valence-electron chi connectivity index (χ4n) is 3.01. The lowest BCUT2D eigenvalue weighted by Gasteiger charge is -2.16. The Morgan fingerprint density at radius 1 is 1.20 bits per heavy atom. The van der Waals surface area contributed by atoms with Crippen molar-refractivity contribution >= 4 is 18.2 Å². The molecule has 182 valence electrons. The van der Waals surface area contributed by atoms with Crippen LogP contribution >= 0.6 is 0 Å². The molecule has 10 heteroatoms. The number of hydrogen-bond donors (Lipinski definition) is 3. The number of nitrogens with one attached hydrogen (secondary N) is 3. The highest BCUT2D eigenvalue weighted by Gasteiger charge is 2.22. The van der Waals surface area contributed by atoms with Gasteiger partial charge >= 0.3 is 6.09 Å². The second-order valence-electron chi connectivity index (χ2n) is 7.28. The Labute approximate surface area is 203 Å². The molecule has 3 rings (SSSR count). The van der Waals surface area contributed by atoms with Crippen LogP contribution in [0, 0.1) is 0 Å². The van der Waals surface area contributed by atoms with Crippen molar-refractivity contribution in [1.29, 1.82) is 0 Å². The van der Waals surface area contributed by atoms with Gasteiger partial charge in [-0.05, 0) is 29.3 Å². The first kappa shape index (κ1) is 25.0. The summed E-state index contributed by atoms with van der Waals surface area (Å²) >= 11 is 0. The molecule has 1 atom stereocenters. The van der Waals surface area contributed by atoms with Crippen molar-refractivity contribution in [3.8, 4) is 11.5 Å². The molecule has 0 saturated carbocycles. The molecule has 0 saturated heterocycles. The van der Waals surface area contributed by atoms with Gasteiger partial charge in [0, 0.05) is 18.3 Å². The van der Waals surface area contributed by atoms with Crippen LogP contribution in [0.3, 0.4) is 0 Å². The Balaban J connectivity index is 1.61. The lowest BCUT2D eigenvalue weighted by Crippen LogP contribution is -2.47. The predicted molar refractivity (Wildman–Crippen MR) is 130 cm³/mol. The van der Waals surface area contributed by atoms with Gasteiger partial charge in [0.2, 0.25) is 0 Å². The first-order valence-electron chi connectivity index (χ1n) is 10.8. The Morgan fingerprint density at radius 2 is 2.03 bits per heavy atom. The molecule has 3 N–H and O–H groups in total. The molecular weight excluding hydrogens is 450 g/mol. The molecule has 0 aliphatic carbocycles. The quantitative estimate of drug-likeness (QED) is 0.209. The van der Waals surface area contributed by atoms with E-state index < -0.39 is 18.0 Å². The number of alkyl carbamates (subject to hydrolysis) is 1. The summed E-state index contributed by atoms with van der Waals surface area (Å²) in [6, 6.07) is 13.5. The van der Waals surface area contributed by atoms with E-state index in [0.717, 1.165) is 5.56 Å². The van der Waals surface area contributed by atoms with Crippen LogP contribution < -0.4 is 20.2 Å². The fourth-order valence-corrected chi connectivity index (χ4v) is 3.01. The molecule has 0 fully saturated rings. The van der Waals surface area contributed by atoms with Gasteiger partial charge < -0.3 is 24.5 Å². The Kier molecular flexibility index (Phi) is 9.43. The number of ether oxygens (including phenoxy) is 3. The molecule has 2 aromatic carbocycles. The standard InChI is InChI=1S/C25H27N5O5/c1-3-11-34-22-10-9-19(12-23(22)33-2)14-28-30-24(31)21(13-20-15-26-17-27-20)29-25(32)35-16-18-7-5-4-6-8-18/h3-10,12,14-15,17,21H,1,11,13,16H2,2H3,(H,26,27)(H,29,32)(H,30,31)/b28-14-/t21-/m0/s1. The fraction of sp³-hybridized carbons (Fsp3) is 0.200. The predicted octanol–water partition coefficient (Wildman–Crippen LogP) is 2.97. The van der Waals surface area contributed by atoms with E-state index in [4.69, 9.17) is 14.2 Å². The number of carbonyl (C=O) groups excluding carboxylic acids is 2. The maximum absolute atomic E-state index is 12.8. The van der Waals surface area contributed by atoms with Crippen LogP contribution in [-0.4, -0.2) is 47.9 Å². The normalized spacial score (nSPS) is 11.5. The van der Waals surface area contributed by atoms with Crippen LogP contribution in [-0.2, 0) is 22.6 Å². The van der Waals surface area contributed by atoms with E-state index in [1.807, 2.05) is 30.3 Å². The van der Waals surface area contributed by atoms with Gasteiger partial charge in [-0.2, -0.15) is 5.10 Å². The first-order chi connectivity index (χ1) is 17.1. The van der Waals surface area contributed by atoms with Crippen molar-refractivity contribution in [1.82, 2.24) is 20.7 Å². The van der Waals surface area contributed by atoms with Gasteiger partial charge in [0.1, 0.15) is 19.3 Å². The van der Waals surface area contributed by atoms with E-state index in [-0.39, 0.29) is 13.0 Å². The number of rotatable bonds is 12. The third-order valence-electron chi connectivity index (χ3n) is 4.73. The van der Waals surface area contributed by atoms with Gasteiger partial charge in [0.15, 0.2) is 11.5 Å². The minimum atomic E-state index is -0.944. The molecule has 0 bridgehead atoms. The van der Waals surface area contributed by atoms with Gasteiger partial charge in [-0.15, -0.1) is 0 Å². The van der Waals surface area contributed by atoms with Crippen molar-refractivity contribution < 1.29 is 23.8 Å². The number of aromatic amines is 1. The number of imidazole rings is 1. The average Bonchev–Trinajstić information content (AvgIpc) is 3.40. The second-order valence-corrected chi connectivity index (χ2v) is 7.28. The Hall–Kier alpha value is -4.60. The largest absolute Gasteiger partial charge is 0.493 e. The maximum Gasteiger partial charge on any atom is 0.408 e. The molecule has 1 aromatic heterocycles. The zero-order chi connectivity index (χ0) is 24.9. The molecule has 0 aliphatic heterocycles. The number of hydrazone groups is 1. The van der Waals surface area contributed by atoms with Crippen LogP contribution in [0.25, 0.3) is 0 Å². The van der Waals surface area contributed by atoms with Crippen LogP contribution in [0.15, 0.2) is 78.8 Å². The third kappa shape index (κ3) is 8.04. The Morgan fingerprint density at radius 3 is 2.74 bits per heavy atom. The van der Waals surface area contributed by atoms with Crippen molar-refractivity contribution in [2.24, 2.45) is 5.10 Å². The number of nitrogens with zero attached hydrogens (tertiary/aromatic N) is 2. The minimum absolute atomic E-state index is 0.0809. The molecule has 0 spiro atoms. The van der Waals surface area contributed by atoms with Gasteiger partial charge in [-0.1, -0.05) is 43.0 Å². The number of benzene rings is 2. The monoisotopic (exact) mass is 477 g/mol. The minimum Gasteiger partial charge on any atom is -0.493 e. The molecule has 10 nitrogen and oxygen atoms in total. The number of aromatic nitrogens is 2. The van der Waals surface area contributed by atoms with Gasteiger partial charge in [0.25, 0.3) is 5.91 Å². The number of methoxy groups -OCH3 is 1. The average molecular weight is 478 g/mol. The van der Waals surface area contributed by atoms with E-state index in [2.05, 4.69) is 32.4 Å². The topological polar surface area (TPSA) is 127 Å². The van der Waals surface area contributed by atoms with Crippen molar-refractivity contribution in [2.45, 2.75) is 19.1 Å². The van der Waals surface area contributed by atoms with Gasteiger partial charge in [-0.25, -0.2) is 15.2 Å². The molecule has 2 amide bonds. The maximum atomic E-state index is 12.8. The smallest absolute Gasteiger partial charge is 0.408 e. The van der Waals surface area contributed by atoms with Gasteiger partial charge in [-0.3, -0.25) is 4.79 Å². The zero-order valence-electron chi connectivity index (χ0n) is 19.3. The first-order valence-corrected chi connectivity index (χ1v) is 10.8. The lowest BCUT2D eigenvalue weighted by atomic mass is 10.1. The number of amides is 2. The highest BCUT2D eigenvalue weighted by Crippen LogP contribution is 2.27. The van der Waals surface area contributed by atoms with E-state index in [0.29, 0.717) is 29.4 Å². The zero-order valence-corrected chi connectivity index (χ0v) is 19.3. The molecular formula is C25H27N5O5. The number of carbonyl (C=O) groups is 2. The highest BCUT2D eigenvalue weighted by molar-refractivity contribution is 5.87. The van der Waals surface area contributed by atoms with Crippen LogP contribution in [0.2, 0.25) is 0 Å². The van der Waals surface area contributed by atoms with E-state index >= 15 is 0 Å². The summed E-state index contributed by atoms with van der Waals surface area (Å²) < 4.78 is 16.1. The summed E-state index contributed by atoms with van der Waals surface area (Å²) in [5.41, 5.74) is 4.62. The molecule has 35 heavy (non-hydrogen) atoms. The Bertz CT molecular complexity index is 1130. The molecule has 0 radical (unpaired) electrons. The summed E-state index contributed by atoms with van der Waals surface area (Å²) in [7, 11) is 1.53. The van der Waals surface area contributed by atoms with E-state index in [1.165, 1.54) is 19.7 Å². The molecule has 3 aromatic rings. The molecule has 0 aliphatic rings. The third-order valence-corrected chi connectivity index (χ3v) is 4.73. The highest BCUT2D eigenvalue weighted by atomic mass is 16.5. The number of H-pyrrole nitrogens is 1. The van der Waals surface area contributed by atoms with Crippen molar-refractivity contribution in [3.63, 3.8) is 0 Å². The summed E-state index contributed by atoms with van der Waals surface area (Å²) in [6.45, 7) is 4.04. The SMILES string of the molecule is C=CCOc1ccc(/C=N\NC(=O)[C@H](Cc2cnc[nH]2)NC(=O)OCc2ccccc2)cc1OC.